The minimum atomic E-state index is -0.0493. The summed E-state index contributed by atoms with van der Waals surface area (Å²) in [6, 6.07) is 17.1. The zero-order valence-electron chi connectivity index (χ0n) is 12.9. The van der Waals surface area contributed by atoms with Crippen LogP contribution in [0.2, 0.25) is 0 Å². The van der Waals surface area contributed by atoms with Gasteiger partial charge in [0.25, 0.3) is 0 Å². The maximum atomic E-state index is 9.91. The Morgan fingerprint density at radius 3 is 2.58 bits per heavy atom. The summed E-state index contributed by atoms with van der Waals surface area (Å²) in [5.74, 6) is -0.0493. The number of nitrogens with one attached hydrogen (secondary N) is 2. The zero-order chi connectivity index (χ0) is 16.9. The number of hydrogen-bond acceptors (Lipinski definition) is 4. The first-order valence-electron chi connectivity index (χ1n) is 7.26. The number of H-pyrrole nitrogens is 1. The van der Waals surface area contributed by atoms with Crippen LogP contribution >= 0.6 is 12.2 Å². The number of para-hydroxylation sites is 1. The van der Waals surface area contributed by atoms with Gasteiger partial charge in [0, 0.05) is 5.39 Å². The first-order chi connectivity index (χ1) is 11.6. The normalized spacial score (nSPS) is 12.0. The van der Waals surface area contributed by atoms with Crippen LogP contribution in [-0.4, -0.2) is 20.9 Å². The van der Waals surface area contributed by atoms with Crippen molar-refractivity contribution in [2.45, 2.75) is 6.92 Å². The van der Waals surface area contributed by atoms with E-state index in [2.05, 4.69) is 25.7 Å². The van der Waals surface area contributed by atoms with Crippen molar-refractivity contribution in [2.75, 3.05) is 0 Å². The fourth-order valence-corrected chi connectivity index (χ4v) is 2.29. The highest BCUT2D eigenvalue weighted by atomic mass is 32.1. The van der Waals surface area contributed by atoms with Gasteiger partial charge >= 0.3 is 0 Å². The van der Waals surface area contributed by atoms with Gasteiger partial charge in [-0.25, -0.2) is 0 Å². The third-order valence-corrected chi connectivity index (χ3v) is 3.58. The number of nitrogens with zero attached hydrogens (tertiary/aromatic N) is 3. The van der Waals surface area contributed by atoms with Gasteiger partial charge in [0.2, 0.25) is 11.0 Å². The molecule has 0 amide bonds. The Kier molecular flexibility index (Phi) is 4.62. The third-order valence-electron chi connectivity index (χ3n) is 3.41. The SMILES string of the molecule is C/C(=N/NC(=S)N=Nc1c(O)[nH]c2ccccc12)c1ccccc1. The van der Waals surface area contributed by atoms with E-state index in [9.17, 15) is 5.11 Å². The first kappa shape index (κ1) is 15.8. The molecule has 0 aliphatic carbocycles. The summed E-state index contributed by atoms with van der Waals surface area (Å²) in [6.45, 7) is 1.87. The standard InChI is InChI=1S/C17H15N5OS/c1-11(12-7-3-2-4-8-12)19-21-17(24)22-20-15-13-9-5-6-10-14(13)18-16(15)23/h2-10,18,23H,1H3,(H,21,24)/b19-11-,22-20?. The molecule has 3 aromatic rings. The number of hydrogen-bond donors (Lipinski definition) is 3. The van der Waals surface area contributed by atoms with Gasteiger partial charge in [-0.3, -0.25) is 5.43 Å². The average Bonchev–Trinajstić information content (AvgIpc) is 2.93. The molecular weight excluding hydrogens is 322 g/mol. The number of fused-ring (bicyclic) bond motifs is 1. The molecule has 0 aliphatic heterocycles. The lowest BCUT2D eigenvalue weighted by molar-refractivity contribution is 0.459. The Hall–Kier alpha value is -3.06. The van der Waals surface area contributed by atoms with Crippen LogP contribution in [0.5, 0.6) is 5.88 Å². The molecule has 0 unspecified atom stereocenters. The van der Waals surface area contributed by atoms with Gasteiger partial charge in [-0.2, -0.15) is 5.10 Å². The van der Waals surface area contributed by atoms with E-state index >= 15 is 0 Å². The van der Waals surface area contributed by atoms with Gasteiger partial charge in [-0.05, 0) is 30.8 Å². The van der Waals surface area contributed by atoms with E-state index < -0.39 is 0 Å². The molecule has 0 fully saturated rings. The van der Waals surface area contributed by atoms with Crippen LogP contribution in [0.25, 0.3) is 10.9 Å². The van der Waals surface area contributed by atoms with Crippen molar-refractivity contribution in [2.24, 2.45) is 15.3 Å². The molecule has 0 atom stereocenters. The van der Waals surface area contributed by atoms with Crippen molar-refractivity contribution in [3.8, 4) is 5.88 Å². The summed E-state index contributed by atoms with van der Waals surface area (Å²) in [5, 5.41) is 22.9. The second kappa shape index (κ2) is 7.01. The summed E-state index contributed by atoms with van der Waals surface area (Å²) in [7, 11) is 0. The molecule has 0 aliphatic rings. The molecule has 0 saturated carbocycles. The Bertz CT molecular complexity index is 931. The predicted octanol–water partition coefficient (Wildman–Crippen LogP) is 4.26. The van der Waals surface area contributed by atoms with Crippen LogP contribution < -0.4 is 5.43 Å². The molecule has 2 aromatic carbocycles. The summed E-state index contributed by atoms with van der Waals surface area (Å²) in [5.41, 5.74) is 5.57. The zero-order valence-corrected chi connectivity index (χ0v) is 13.7. The molecule has 6 nitrogen and oxygen atoms in total. The maximum Gasteiger partial charge on any atom is 0.234 e. The van der Waals surface area contributed by atoms with Crippen molar-refractivity contribution in [3.05, 3.63) is 60.2 Å². The van der Waals surface area contributed by atoms with Gasteiger partial charge in [0.15, 0.2) is 5.69 Å². The van der Waals surface area contributed by atoms with Crippen molar-refractivity contribution >= 4 is 39.6 Å². The molecule has 1 heterocycles. The van der Waals surface area contributed by atoms with Crippen molar-refractivity contribution in [1.82, 2.24) is 10.4 Å². The molecule has 3 N–H and O–H groups in total. The Morgan fingerprint density at radius 1 is 1.08 bits per heavy atom. The van der Waals surface area contributed by atoms with Gasteiger partial charge in [0.05, 0.1) is 11.2 Å². The lowest BCUT2D eigenvalue weighted by atomic mass is 10.1. The summed E-state index contributed by atoms with van der Waals surface area (Å²) < 4.78 is 0. The number of rotatable bonds is 3. The van der Waals surface area contributed by atoms with Gasteiger partial charge in [-0.1, -0.05) is 48.5 Å². The molecule has 0 spiro atoms. The van der Waals surface area contributed by atoms with E-state index in [1.54, 1.807) is 0 Å². The van der Waals surface area contributed by atoms with E-state index in [0.717, 1.165) is 22.2 Å². The predicted molar refractivity (Wildman–Crippen MR) is 98.9 cm³/mol. The average molecular weight is 337 g/mol. The van der Waals surface area contributed by atoms with E-state index in [4.69, 9.17) is 12.2 Å². The fourth-order valence-electron chi connectivity index (χ4n) is 2.21. The van der Waals surface area contributed by atoms with Crippen molar-refractivity contribution in [3.63, 3.8) is 0 Å². The van der Waals surface area contributed by atoms with Gasteiger partial charge in [-0.15, -0.1) is 10.2 Å². The van der Waals surface area contributed by atoms with Crippen LogP contribution in [0.1, 0.15) is 12.5 Å². The molecule has 0 bridgehead atoms. The molecule has 24 heavy (non-hydrogen) atoms. The topological polar surface area (TPSA) is 85.1 Å². The molecular formula is C17H15N5OS. The first-order valence-corrected chi connectivity index (χ1v) is 7.67. The second-order valence-electron chi connectivity index (χ2n) is 5.05. The summed E-state index contributed by atoms with van der Waals surface area (Å²) >= 11 is 5.09. The molecule has 0 saturated heterocycles. The number of hydrazone groups is 1. The summed E-state index contributed by atoms with van der Waals surface area (Å²) in [4.78, 5) is 2.83. The quantitative estimate of drug-likeness (QED) is 0.289. The number of aromatic hydroxyl groups is 1. The van der Waals surface area contributed by atoms with Crippen LogP contribution in [-0.2, 0) is 0 Å². The van der Waals surface area contributed by atoms with Crippen molar-refractivity contribution < 1.29 is 5.11 Å². The van der Waals surface area contributed by atoms with E-state index in [0.29, 0.717) is 5.69 Å². The fraction of sp³-hybridized carbons (Fsp3) is 0.0588. The second-order valence-corrected chi connectivity index (χ2v) is 5.43. The molecule has 1 aromatic heterocycles. The summed E-state index contributed by atoms with van der Waals surface area (Å²) in [6.07, 6.45) is 0. The van der Waals surface area contributed by atoms with Crippen LogP contribution in [0.3, 0.4) is 0 Å². The number of benzene rings is 2. The van der Waals surface area contributed by atoms with Crippen LogP contribution in [0, 0.1) is 0 Å². The Labute approximate surface area is 143 Å². The smallest absolute Gasteiger partial charge is 0.234 e. The lowest BCUT2D eigenvalue weighted by Crippen LogP contribution is -2.14. The maximum absolute atomic E-state index is 9.91. The molecule has 120 valence electrons. The highest BCUT2D eigenvalue weighted by Crippen LogP contribution is 2.35. The van der Waals surface area contributed by atoms with E-state index in [1.807, 2.05) is 61.5 Å². The molecule has 3 rings (SSSR count). The molecule has 0 radical (unpaired) electrons. The largest absolute Gasteiger partial charge is 0.493 e. The number of thiocarbonyl (C=S) groups is 1. The van der Waals surface area contributed by atoms with Crippen LogP contribution in [0.4, 0.5) is 5.69 Å². The van der Waals surface area contributed by atoms with E-state index in [1.165, 1.54) is 0 Å². The minimum Gasteiger partial charge on any atom is -0.493 e. The lowest BCUT2D eigenvalue weighted by Gasteiger charge is -2.01. The van der Waals surface area contributed by atoms with E-state index in [-0.39, 0.29) is 11.0 Å². The van der Waals surface area contributed by atoms with Crippen molar-refractivity contribution in [1.29, 1.82) is 0 Å². The number of aromatic nitrogens is 1. The number of azo groups is 1. The highest BCUT2D eigenvalue weighted by molar-refractivity contribution is 7.80. The Morgan fingerprint density at radius 2 is 1.79 bits per heavy atom. The minimum absolute atomic E-state index is 0.0493. The third kappa shape index (κ3) is 3.47. The number of aromatic amines is 1. The Balaban J connectivity index is 1.72. The molecule has 7 heteroatoms. The van der Waals surface area contributed by atoms with Crippen LogP contribution in [0.15, 0.2) is 69.9 Å². The van der Waals surface area contributed by atoms with Gasteiger partial charge < -0.3 is 10.1 Å². The van der Waals surface area contributed by atoms with Gasteiger partial charge in [0.1, 0.15) is 0 Å². The monoisotopic (exact) mass is 337 g/mol. The highest BCUT2D eigenvalue weighted by Gasteiger charge is 2.09.